The van der Waals surface area contributed by atoms with Crippen molar-refractivity contribution in [2.45, 2.75) is 26.3 Å². The average molecular weight is 293 g/mol. The number of nitrogens with two attached hydrogens (primary N) is 1. The Morgan fingerprint density at radius 1 is 1.33 bits per heavy atom. The van der Waals surface area contributed by atoms with Gasteiger partial charge in [-0.15, -0.1) is 0 Å². The number of aliphatic carboxylic acids is 1. The van der Waals surface area contributed by atoms with Crippen molar-refractivity contribution in [2.24, 2.45) is 5.73 Å². The first-order valence-electron chi connectivity index (χ1n) is 6.35. The van der Waals surface area contributed by atoms with Crippen LogP contribution in [0.15, 0.2) is 18.2 Å². The van der Waals surface area contributed by atoms with Gasteiger partial charge in [0.05, 0.1) is 6.42 Å². The van der Waals surface area contributed by atoms with Gasteiger partial charge >= 0.3 is 12.0 Å². The predicted octanol–water partition coefficient (Wildman–Crippen LogP) is 0.778. The number of anilines is 1. The number of primary amides is 1. The van der Waals surface area contributed by atoms with Gasteiger partial charge in [0.1, 0.15) is 6.04 Å². The number of hydrogen-bond donors (Lipinski definition) is 3. The summed E-state index contributed by atoms with van der Waals surface area (Å²) >= 11 is 0. The highest BCUT2D eigenvalue weighted by Gasteiger charge is 2.24. The van der Waals surface area contributed by atoms with Gasteiger partial charge in [0.15, 0.2) is 0 Å². The van der Waals surface area contributed by atoms with Crippen LogP contribution in [0.4, 0.5) is 10.5 Å². The summed E-state index contributed by atoms with van der Waals surface area (Å²) in [6, 6.07) is 3.58. The number of amides is 3. The zero-order valence-corrected chi connectivity index (χ0v) is 12.2. The monoisotopic (exact) mass is 293 g/mol. The third kappa shape index (κ3) is 4.48. The molecule has 0 spiro atoms. The molecule has 0 unspecified atom stereocenters. The molecule has 4 N–H and O–H groups in total. The van der Waals surface area contributed by atoms with Crippen molar-refractivity contribution in [3.8, 4) is 0 Å². The third-order valence-electron chi connectivity index (χ3n) is 3.02. The fraction of sp³-hybridized carbons (Fsp3) is 0.357. The second kappa shape index (κ2) is 6.74. The van der Waals surface area contributed by atoms with Crippen LogP contribution < -0.4 is 16.0 Å². The van der Waals surface area contributed by atoms with Gasteiger partial charge in [0.25, 0.3) is 0 Å². The zero-order valence-electron chi connectivity index (χ0n) is 12.2. The maximum absolute atomic E-state index is 12.1. The Kier molecular flexibility index (Phi) is 5.29. The summed E-state index contributed by atoms with van der Waals surface area (Å²) < 4.78 is 0. The van der Waals surface area contributed by atoms with Crippen LogP contribution in [0.25, 0.3) is 0 Å². The molecular formula is C14H19N3O4. The summed E-state index contributed by atoms with van der Waals surface area (Å²) in [5.74, 6) is -2.10. The fourth-order valence-corrected chi connectivity index (χ4v) is 1.94. The molecule has 0 aliphatic rings. The molecule has 0 heterocycles. The lowest BCUT2D eigenvalue weighted by Crippen LogP contribution is -2.48. The summed E-state index contributed by atoms with van der Waals surface area (Å²) in [4.78, 5) is 35.2. The van der Waals surface area contributed by atoms with E-state index in [1.807, 2.05) is 26.0 Å². The predicted molar refractivity (Wildman–Crippen MR) is 78.1 cm³/mol. The number of nitrogens with zero attached hydrogens (tertiary/aromatic N) is 1. The van der Waals surface area contributed by atoms with Gasteiger partial charge in [0, 0.05) is 12.7 Å². The number of nitrogens with one attached hydrogen (secondary N) is 1. The standard InChI is InChI=1S/C14H19N3O4/c1-8-4-5-11(9(2)6-8)17(3)14(21)16-10(13(19)20)7-12(15)18/h4-6,10H,7H2,1-3H3,(H2,15,18)(H,16,21)(H,19,20)/t10-/m1/s1. The molecule has 1 aromatic rings. The van der Waals surface area contributed by atoms with Crippen LogP contribution in [0.2, 0.25) is 0 Å². The molecule has 1 rings (SSSR count). The molecular weight excluding hydrogens is 274 g/mol. The number of rotatable bonds is 5. The van der Waals surface area contributed by atoms with Crippen molar-refractivity contribution in [1.82, 2.24) is 5.32 Å². The Morgan fingerprint density at radius 2 is 1.95 bits per heavy atom. The second-order valence-corrected chi connectivity index (χ2v) is 4.86. The molecule has 1 atom stereocenters. The van der Waals surface area contributed by atoms with Crippen molar-refractivity contribution >= 4 is 23.6 Å². The maximum atomic E-state index is 12.1. The van der Waals surface area contributed by atoms with E-state index >= 15 is 0 Å². The minimum absolute atomic E-state index is 0.457. The Morgan fingerprint density at radius 3 is 2.43 bits per heavy atom. The van der Waals surface area contributed by atoms with Gasteiger partial charge in [-0.3, -0.25) is 9.69 Å². The number of benzene rings is 1. The molecule has 7 heteroatoms. The molecule has 0 aliphatic heterocycles. The van der Waals surface area contributed by atoms with Crippen LogP contribution in [-0.2, 0) is 9.59 Å². The van der Waals surface area contributed by atoms with E-state index in [0.29, 0.717) is 5.69 Å². The van der Waals surface area contributed by atoms with Crippen molar-refractivity contribution in [3.63, 3.8) is 0 Å². The first-order chi connectivity index (χ1) is 9.72. The van der Waals surface area contributed by atoms with E-state index in [-0.39, 0.29) is 0 Å². The van der Waals surface area contributed by atoms with E-state index in [1.54, 1.807) is 6.07 Å². The lowest BCUT2D eigenvalue weighted by molar-refractivity contribution is -0.140. The van der Waals surface area contributed by atoms with Crippen LogP contribution in [-0.4, -0.2) is 36.1 Å². The smallest absolute Gasteiger partial charge is 0.326 e. The lowest BCUT2D eigenvalue weighted by atomic mass is 10.1. The van der Waals surface area contributed by atoms with Crippen molar-refractivity contribution < 1.29 is 19.5 Å². The number of hydrogen-bond acceptors (Lipinski definition) is 3. The zero-order chi connectivity index (χ0) is 16.2. The molecule has 0 saturated carbocycles. The Labute approximate surface area is 122 Å². The van der Waals surface area contributed by atoms with E-state index < -0.39 is 30.4 Å². The number of urea groups is 1. The van der Waals surface area contributed by atoms with Crippen molar-refractivity contribution in [1.29, 1.82) is 0 Å². The van der Waals surface area contributed by atoms with Crippen molar-refractivity contribution in [3.05, 3.63) is 29.3 Å². The Hall–Kier alpha value is -2.57. The largest absolute Gasteiger partial charge is 0.480 e. The van der Waals surface area contributed by atoms with Gasteiger partial charge in [-0.05, 0) is 25.5 Å². The number of aryl methyl sites for hydroxylation is 2. The molecule has 0 bridgehead atoms. The molecule has 0 aliphatic carbocycles. The highest BCUT2D eigenvalue weighted by atomic mass is 16.4. The van der Waals surface area contributed by atoms with Crippen LogP contribution in [0, 0.1) is 13.8 Å². The topological polar surface area (TPSA) is 113 Å². The molecule has 21 heavy (non-hydrogen) atoms. The second-order valence-electron chi connectivity index (χ2n) is 4.86. The number of carbonyl (C=O) groups is 3. The molecule has 1 aromatic carbocycles. The van der Waals surface area contributed by atoms with Gasteiger partial charge in [0.2, 0.25) is 5.91 Å². The molecule has 0 fully saturated rings. The van der Waals surface area contributed by atoms with E-state index in [9.17, 15) is 14.4 Å². The highest BCUT2D eigenvalue weighted by Crippen LogP contribution is 2.20. The highest BCUT2D eigenvalue weighted by molar-refractivity contribution is 5.95. The lowest BCUT2D eigenvalue weighted by Gasteiger charge is -2.22. The normalized spacial score (nSPS) is 11.6. The Balaban J connectivity index is 2.86. The van der Waals surface area contributed by atoms with Crippen molar-refractivity contribution in [2.75, 3.05) is 11.9 Å². The minimum atomic E-state index is -1.34. The summed E-state index contributed by atoms with van der Waals surface area (Å²) in [7, 11) is 1.52. The molecule has 7 nitrogen and oxygen atoms in total. The number of carboxylic acid groups (broad SMARTS) is 1. The first kappa shape index (κ1) is 16.5. The first-order valence-corrected chi connectivity index (χ1v) is 6.35. The van der Waals surface area contributed by atoms with E-state index in [1.165, 1.54) is 11.9 Å². The molecule has 0 radical (unpaired) electrons. The van der Waals surface area contributed by atoms with E-state index in [2.05, 4.69) is 5.32 Å². The third-order valence-corrected chi connectivity index (χ3v) is 3.02. The number of carbonyl (C=O) groups excluding carboxylic acids is 2. The van der Waals surface area contributed by atoms with Gasteiger partial charge in [-0.1, -0.05) is 17.7 Å². The summed E-state index contributed by atoms with van der Waals surface area (Å²) in [6.45, 7) is 3.79. The van der Waals surface area contributed by atoms with Crippen LogP contribution in [0.3, 0.4) is 0 Å². The van der Waals surface area contributed by atoms with Gasteiger partial charge in [-0.25, -0.2) is 9.59 Å². The maximum Gasteiger partial charge on any atom is 0.326 e. The molecule has 0 saturated heterocycles. The summed E-state index contributed by atoms with van der Waals surface area (Å²) in [5, 5.41) is 11.2. The molecule has 0 aromatic heterocycles. The summed E-state index contributed by atoms with van der Waals surface area (Å²) in [6.07, 6.45) is -0.457. The minimum Gasteiger partial charge on any atom is -0.480 e. The van der Waals surface area contributed by atoms with Gasteiger partial charge in [-0.2, -0.15) is 0 Å². The fourth-order valence-electron chi connectivity index (χ4n) is 1.94. The molecule has 114 valence electrons. The average Bonchev–Trinajstić information content (AvgIpc) is 2.36. The van der Waals surface area contributed by atoms with Crippen LogP contribution >= 0.6 is 0 Å². The SMILES string of the molecule is Cc1ccc(N(C)C(=O)N[C@H](CC(N)=O)C(=O)O)c(C)c1. The van der Waals surface area contributed by atoms with Crippen LogP contribution in [0.1, 0.15) is 17.5 Å². The number of carboxylic acids is 1. The molecule has 3 amide bonds. The quantitative estimate of drug-likeness (QED) is 0.744. The Bertz CT molecular complexity index is 571. The van der Waals surface area contributed by atoms with Gasteiger partial charge < -0.3 is 16.2 Å². The summed E-state index contributed by atoms with van der Waals surface area (Å²) in [5.41, 5.74) is 7.56. The van der Waals surface area contributed by atoms with E-state index in [0.717, 1.165) is 11.1 Å². The van der Waals surface area contributed by atoms with E-state index in [4.69, 9.17) is 10.8 Å². The van der Waals surface area contributed by atoms with Crippen LogP contribution in [0.5, 0.6) is 0 Å².